The van der Waals surface area contributed by atoms with Crippen molar-refractivity contribution in [2.24, 2.45) is 69.5 Å². The van der Waals surface area contributed by atoms with E-state index >= 15 is 0 Å². The summed E-state index contributed by atoms with van der Waals surface area (Å²) in [6.07, 6.45) is -5.12. The van der Waals surface area contributed by atoms with Crippen molar-refractivity contribution in [3.05, 3.63) is 0 Å². The van der Waals surface area contributed by atoms with Gasteiger partial charge in [-0.05, 0) is 44.4 Å². The fourth-order valence-corrected chi connectivity index (χ4v) is 14.1. The van der Waals surface area contributed by atoms with Crippen molar-refractivity contribution >= 4 is 29.7 Å². The van der Waals surface area contributed by atoms with Crippen molar-refractivity contribution < 1.29 is 67.7 Å². The fourth-order valence-electron chi connectivity index (χ4n) is 14.1. The van der Waals surface area contributed by atoms with E-state index in [0.717, 1.165) is 0 Å². The van der Waals surface area contributed by atoms with Crippen LogP contribution in [0.1, 0.15) is 81.1 Å². The van der Waals surface area contributed by atoms with Gasteiger partial charge in [-0.25, -0.2) is 0 Å². The van der Waals surface area contributed by atoms with Crippen LogP contribution in [0.5, 0.6) is 0 Å². The average molecular weight is 745 g/mol. The van der Waals surface area contributed by atoms with E-state index in [9.17, 15) is 39.3 Å². The van der Waals surface area contributed by atoms with Crippen molar-refractivity contribution in [2.75, 3.05) is 6.61 Å². The number of ether oxygens (including phenoxy) is 6. The van der Waals surface area contributed by atoms with Crippen molar-refractivity contribution in [3.8, 4) is 0 Å². The molecular weight excluding hydrogens is 692 g/mol. The first-order valence-electron chi connectivity index (χ1n) is 19.3. The number of hydrogen-bond acceptors (Lipinski definition) is 14. The number of Topliss-reactive ketones (excluding diaryl/α,β-unsaturated/α-hetero) is 1. The Bertz CT molecular complexity index is 1710. The summed E-state index contributed by atoms with van der Waals surface area (Å²) in [6.45, 7) is 13.0. The minimum absolute atomic E-state index is 0.000196. The van der Waals surface area contributed by atoms with Gasteiger partial charge >= 0.3 is 23.9 Å². The van der Waals surface area contributed by atoms with Crippen LogP contribution in [0.25, 0.3) is 0 Å². The highest BCUT2D eigenvalue weighted by Crippen LogP contribution is 2.81. The molecule has 0 radical (unpaired) electrons. The molecule has 3 N–H and O–H groups in total. The Morgan fingerprint density at radius 2 is 1.38 bits per heavy atom. The van der Waals surface area contributed by atoms with Gasteiger partial charge in [0.2, 0.25) is 5.79 Å². The molecule has 9 fully saturated rings. The number of ketones is 1. The monoisotopic (exact) mass is 744 g/mol. The molecule has 1 spiro atoms. The van der Waals surface area contributed by atoms with Crippen molar-refractivity contribution in [3.63, 3.8) is 0 Å². The summed E-state index contributed by atoms with van der Waals surface area (Å²) in [4.78, 5) is 68.1. The third-order valence-electron chi connectivity index (χ3n) is 16.5. The largest absolute Gasteiger partial charge is 0.462 e. The Morgan fingerprint density at radius 1 is 0.774 bits per heavy atom. The number of aliphatic hydroxyl groups excluding tert-OH is 1. The van der Waals surface area contributed by atoms with Crippen molar-refractivity contribution in [1.82, 2.24) is 0 Å². The van der Waals surface area contributed by atoms with Crippen molar-refractivity contribution in [1.29, 1.82) is 0 Å². The zero-order valence-corrected chi connectivity index (χ0v) is 31.5. The quantitative estimate of drug-likeness (QED) is 0.207. The lowest BCUT2D eigenvalue weighted by Gasteiger charge is -2.65. The third-order valence-corrected chi connectivity index (χ3v) is 16.5. The maximum Gasteiger partial charge on any atom is 0.309 e. The van der Waals surface area contributed by atoms with Gasteiger partial charge in [0, 0.05) is 67.1 Å². The molecule has 7 aliphatic carbocycles. The number of hydrogen-bond donors (Lipinski definition) is 3. The normalized spacial score (nSPS) is 57.9. The van der Waals surface area contributed by atoms with E-state index in [-0.39, 0.29) is 31.3 Å². The summed E-state index contributed by atoms with van der Waals surface area (Å²) in [5.41, 5.74) is -6.54. The predicted octanol–water partition coefficient (Wildman–Crippen LogP) is 1.47. The smallest absolute Gasteiger partial charge is 0.309 e. The molecule has 0 aromatic rings. The van der Waals surface area contributed by atoms with Crippen molar-refractivity contribution in [2.45, 2.75) is 135 Å². The van der Waals surface area contributed by atoms with Crippen LogP contribution < -0.4 is 0 Å². The highest BCUT2D eigenvalue weighted by molar-refractivity contribution is 5.88. The Hall–Kier alpha value is -2.65. The van der Waals surface area contributed by atoms with E-state index in [4.69, 9.17) is 28.4 Å². The van der Waals surface area contributed by atoms with Gasteiger partial charge in [-0.3, -0.25) is 24.0 Å². The second-order valence-corrected chi connectivity index (χ2v) is 19.1. The molecule has 2 aliphatic heterocycles. The zero-order chi connectivity index (χ0) is 38.3. The Kier molecular flexibility index (Phi) is 7.20. The average Bonchev–Trinajstić information content (AvgIpc) is 3.97. The maximum atomic E-state index is 14.8. The number of carbonyl (C=O) groups excluding carboxylic acids is 5. The van der Waals surface area contributed by atoms with Gasteiger partial charge in [0.1, 0.15) is 36.6 Å². The minimum atomic E-state index is -1.68. The predicted molar refractivity (Wildman–Crippen MR) is 177 cm³/mol. The summed E-state index contributed by atoms with van der Waals surface area (Å²) >= 11 is 0. The Morgan fingerprint density at radius 3 is 1.98 bits per heavy atom. The van der Waals surface area contributed by atoms with Gasteiger partial charge in [-0.2, -0.15) is 0 Å². The van der Waals surface area contributed by atoms with E-state index in [2.05, 4.69) is 0 Å². The number of carbonyl (C=O) groups is 5. The molecule has 0 amide bonds. The molecule has 14 nitrogen and oxygen atoms in total. The second-order valence-electron chi connectivity index (χ2n) is 19.1. The molecule has 9 rings (SSSR count). The standard InChI is InChI=1S/C39H52O14/c1-14-22-25(37(8)34(5,46)13-48-39(37)30(14)53-39)28(52-33(45)18-9-10-18)23-21-24(29(49-15(2)40)32(36(22,23)7)51-17(4)42)35(6)19(26(43)27(21)44)11-38(47)12-20(38)31(35)50-16(3)41/h14,18-25,27-32,44,46-47H,9-13H2,1-8H3/t14-,19+,20+,21-,22-,23+,24+,25-,27+,28+,29-,30+,31-,32-,34+,35-,36+,37-,38+,39+/m0/s1. The van der Waals surface area contributed by atoms with E-state index < -0.39 is 141 Å². The van der Waals surface area contributed by atoms with E-state index in [1.807, 2.05) is 20.8 Å². The van der Waals surface area contributed by atoms with Gasteiger partial charge in [-0.1, -0.05) is 27.7 Å². The second kappa shape index (κ2) is 10.6. The lowest BCUT2D eigenvalue weighted by atomic mass is 9.40. The zero-order valence-electron chi connectivity index (χ0n) is 31.5. The molecule has 292 valence electrons. The molecular formula is C39H52O14. The summed E-state index contributed by atoms with van der Waals surface area (Å²) in [5, 5.41) is 36.3. The van der Waals surface area contributed by atoms with Gasteiger partial charge in [0.15, 0.2) is 5.78 Å². The summed E-state index contributed by atoms with van der Waals surface area (Å²) in [7, 11) is 0. The lowest BCUT2D eigenvalue weighted by Crippen LogP contribution is -2.75. The highest BCUT2D eigenvalue weighted by atomic mass is 16.8. The van der Waals surface area contributed by atoms with E-state index in [1.165, 1.54) is 20.8 Å². The molecule has 53 heavy (non-hydrogen) atoms. The Labute approximate surface area is 307 Å². The van der Waals surface area contributed by atoms with E-state index in [1.54, 1.807) is 13.8 Å². The van der Waals surface area contributed by atoms with Crippen LogP contribution in [0.15, 0.2) is 0 Å². The number of fused-ring (bicyclic) bond motifs is 9. The molecule has 7 saturated carbocycles. The molecule has 14 heteroatoms. The first-order valence-corrected chi connectivity index (χ1v) is 19.3. The molecule has 0 aromatic carbocycles. The first kappa shape index (κ1) is 36.0. The number of esters is 4. The van der Waals surface area contributed by atoms with Crippen LogP contribution in [0.4, 0.5) is 0 Å². The molecule has 9 aliphatic rings. The first-order chi connectivity index (χ1) is 24.6. The summed E-state index contributed by atoms with van der Waals surface area (Å²) in [6, 6.07) is 0. The topological polar surface area (TPSA) is 205 Å². The van der Waals surface area contributed by atoms with Crippen LogP contribution in [-0.4, -0.2) is 105 Å². The van der Waals surface area contributed by atoms with Gasteiger partial charge in [0.25, 0.3) is 0 Å². The SMILES string of the molecule is CC(=O)O[C@H]1[C@H]2[C@H]([C@@H]3[C@@H](OC(=O)C4CC4)[C@@H]4[C@H]([C@H](C)[C@H]5O[C@]56OC[C@@](C)(O)[C@]46C)[C@@]3(C)[C@H]1OC(C)=O)[C@@H](O)C(=O)[C@H]1C[C@@]3(O)C[C@@H]3[C@H](OC(C)=O)[C@]21C. The summed E-state index contributed by atoms with van der Waals surface area (Å²) < 4.78 is 38.2. The molecule has 0 bridgehead atoms. The van der Waals surface area contributed by atoms with Crippen LogP contribution >= 0.6 is 0 Å². The summed E-state index contributed by atoms with van der Waals surface area (Å²) in [5.74, 6) is -10.5. The van der Waals surface area contributed by atoms with Crippen LogP contribution in [-0.2, 0) is 52.4 Å². The van der Waals surface area contributed by atoms with Crippen LogP contribution in [0, 0.1) is 69.5 Å². The molecule has 2 saturated heterocycles. The molecule has 2 heterocycles. The maximum absolute atomic E-state index is 14.8. The fraction of sp³-hybridized carbons (Fsp3) is 0.872. The Balaban J connectivity index is 1.31. The molecule has 0 unspecified atom stereocenters. The minimum Gasteiger partial charge on any atom is -0.462 e. The molecule has 20 atom stereocenters. The number of rotatable bonds is 5. The highest BCUT2D eigenvalue weighted by Gasteiger charge is 2.91. The van der Waals surface area contributed by atoms with Gasteiger partial charge in [0.05, 0.1) is 29.1 Å². The lowest BCUT2D eigenvalue weighted by molar-refractivity contribution is -0.279. The third kappa shape index (κ3) is 4.20. The van der Waals surface area contributed by atoms with Crippen LogP contribution in [0.2, 0.25) is 0 Å². The molecule has 0 aromatic heterocycles. The van der Waals surface area contributed by atoms with Gasteiger partial charge in [-0.15, -0.1) is 0 Å². The number of aliphatic hydroxyl groups is 3. The van der Waals surface area contributed by atoms with Gasteiger partial charge < -0.3 is 43.7 Å². The van der Waals surface area contributed by atoms with Crippen LogP contribution in [0.3, 0.4) is 0 Å². The number of epoxide rings is 1. The van der Waals surface area contributed by atoms with E-state index in [0.29, 0.717) is 12.8 Å².